The molecule has 2 aliphatic heterocycles. The lowest BCUT2D eigenvalue weighted by Crippen LogP contribution is -2.39. The molecule has 0 bridgehead atoms. The van der Waals surface area contributed by atoms with Crippen molar-refractivity contribution in [1.29, 1.82) is 0 Å². The van der Waals surface area contributed by atoms with E-state index in [0.29, 0.717) is 5.75 Å². The Hall–Kier alpha value is -1.07. The monoisotopic (exact) mass is 309 g/mol. The first-order valence-electron chi connectivity index (χ1n) is 7.76. The molecule has 0 saturated carbocycles. The fraction of sp³-hybridized carbons (Fsp3) is 0.625. The zero-order valence-corrected chi connectivity index (χ0v) is 13.3. The topological polar surface area (TPSA) is 55.4 Å². The van der Waals surface area contributed by atoms with Crippen LogP contribution in [0, 0.1) is 0 Å². The van der Waals surface area contributed by atoms with Crippen LogP contribution in [0.4, 0.5) is 0 Å². The quantitative estimate of drug-likeness (QED) is 0.930. The molecule has 0 aromatic heterocycles. The van der Waals surface area contributed by atoms with E-state index in [1.807, 2.05) is 19.2 Å². The summed E-state index contributed by atoms with van der Waals surface area (Å²) >= 11 is 0. The number of rotatable bonds is 3. The van der Waals surface area contributed by atoms with E-state index in [4.69, 9.17) is 4.74 Å². The number of hydrogen-bond acceptors (Lipinski definition) is 4. The summed E-state index contributed by atoms with van der Waals surface area (Å²) < 4.78 is 30.4. The second kappa shape index (κ2) is 5.97. The van der Waals surface area contributed by atoms with Crippen molar-refractivity contribution in [2.45, 2.75) is 43.4 Å². The van der Waals surface area contributed by atoms with Gasteiger partial charge in [-0.2, -0.15) is 0 Å². The van der Waals surface area contributed by atoms with Crippen molar-refractivity contribution in [1.82, 2.24) is 5.32 Å². The van der Waals surface area contributed by atoms with Crippen molar-refractivity contribution in [2.75, 3.05) is 19.4 Å². The summed E-state index contributed by atoms with van der Waals surface area (Å²) in [7, 11) is -1.15. The summed E-state index contributed by atoms with van der Waals surface area (Å²) in [6, 6.07) is 6.00. The highest BCUT2D eigenvalue weighted by Gasteiger charge is 2.35. The Bertz CT molecular complexity index is 612. The van der Waals surface area contributed by atoms with Gasteiger partial charge in [-0.05, 0) is 49.9 Å². The molecule has 1 fully saturated rings. The Morgan fingerprint density at radius 1 is 1.29 bits per heavy atom. The van der Waals surface area contributed by atoms with Gasteiger partial charge in [0, 0.05) is 6.04 Å². The average molecular weight is 309 g/mol. The van der Waals surface area contributed by atoms with Crippen molar-refractivity contribution in [3.8, 4) is 5.75 Å². The van der Waals surface area contributed by atoms with E-state index >= 15 is 0 Å². The molecule has 0 radical (unpaired) electrons. The minimum absolute atomic E-state index is 0.123. The maximum atomic E-state index is 12.4. The van der Waals surface area contributed by atoms with Gasteiger partial charge in [-0.25, -0.2) is 8.42 Å². The van der Waals surface area contributed by atoms with Crippen molar-refractivity contribution < 1.29 is 13.2 Å². The standard InChI is InChI=1S/C16H23NO3S/c1-17-16(15-6-2-3-10-21(15,18)19)13-7-8-14-12(11-13)5-4-9-20-14/h7-8,11,15-17H,2-6,9-10H2,1H3. The van der Waals surface area contributed by atoms with E-state index in [-0.39, 0.29) is 11.3 Å². The third kappa shape index (κ3) is 2.94. The summed E-state index contributed by atoms with van der Waals surface area (Å²) in [6.07, 6.45) is 4.59. The fourth-order valence-electron chi connectivity index (χ4n) is 3.49. The lowest BCUT2D eigenvalue weighted by Gasteiger charge is -2.31. The number of fused-ring (bicyclic) bond motifs is 1. The van der Waals surface area contributed by atoms with Gasteiger partial charge in [-0.3, -0.25) is 0 Å². The first-order chi connectivity index (χ1) is 10.1. The minimum Gasteiger partial charge on any atom is -0.493 e. The van der Waals surface area contributed by atoms with E-state index in [9.17, 15) is 8.42 Å². The molecule has 4 nitrogen and oxygen atoms in total. The molecule has 1 N–H and O–H groups in total. The molecule has 5 heteroatoms. The first kappa shape index (κ1) is 14.9. The first-order valence-corrected chi connectivity index (χ1v) is 9.48. The van der Waals surface area contributed by atoms with Crippen LogP contribution in [0.1, 0.15) is 42.9 Å². The van der Waals surface area contributed by atoms with E-state index in [2.05, 4.69) is 11.4 Å². The lowest BCUT2D eigenvalue weighted by atomic mass is 9.95. The highest BCUT2D eigenvalue weighted by atomic mass is 32.2. The highest BCUT2D eigenvalue weighted by Crippen LogP contribution is 2.33. The largest absolute Gasteiger partial charge is 0.493 e. The molecule has 2 atom stereocenters. The third-order valence-corrected chi connectivity index (χ3v) is 6.89. The van der Waals surface area contributed by atoms with Gasteiger partial charge in [0.15, 0.2) is 9.84 Å². The molecular weight excluding hydrogens is 286 g/mol. The van der Waals surface area contributed by atoms with Gasteiger partial charge >= 0.3 is 0 Å². The molecule has 21 heavy (non-hydrogen) atoms. The Labute approximate surface area is 126 Å². The highest BCUT2D eigenvalue weighted by molar-refractivity contribution is 7.92. The molecule has 2 aliphatic rings. The van der Waals surface area contributed by atoms with Gasteiger partial charge < -0.3 is 10.1 Å². The normalized spacial score (nSPS) is 25.7. The van der Waals surface area contributed by atoms with Crippen LogP contribution in [-0.4, -0.2) is 33.1 Å². The van der Waals surface area contributed by atoms with E-state index < -0.39 is 9.84 Å². The van der Waals surface area contributed by atoms with Crippen molar-refractivity contribution in [3.63, 3.8) is 0 Å². The fourth-order valence-corrected chi connectivity index (χ4v) is 5.64. The molecule has 0 aliphatic carbocycles. The molecule has 3 rings (SSSR count). The smallest absolute Gasteiger partial charge is 0.155 e. The molecule has 1 aromatic carbocycles. The third-order valence-electron chi connectivity index (χ3n) is 4.60. The molecule has 0 spiro atoms. The summed E-state index contributed by atoms with van der Waals surface area (Å²) in [6.45, 7) is 0.777. The van der Waals surface area contributed by atoms with Crippen LogP contribution < -0.4 is 10.1 Å². The Balaban J connectivity index is 1.92. The Kier molecular flexibility index (Phi) is 4.22. The van der Waals surface area contributed by atoms with Crippen LogP contribution in [0.25, 0.3) is 0 Å². The van der Waals surface area contributed by atoms with Crippen molar-refractivity contribution in [2.24, 2.45) is 0 Å². The second-order valence-corrected chi connectivity index (χ2v) is 8.33. The van der Waals surface area contributed by atoms with Gasteiger partial charge in [-0.1, -0.05) is 18.6 Å². The van der Waals surface area contributed by atoms with Crippen LogP contribution in [-0.2, 0) is 16.3 Å². The molecule has 116 valence electrons. The number of benzene rings is 1. The maximum absolute atomic E-state index is 12.4. The summed E-state index contributed by atoms with van der Waals surface area (Å²) in [5.74, 6) is 1.27. The molecule has 2 heterocycles. The number of aryl methyl sites for hydroxylation is 1. The zero-order valence-electron chi connectivity index (χ0n) is 12.5. The van der Waals surface area contributed by atoms with Crippen LogP contribution in [0.3, 0.4) is 0 Å². The molecule has 2 unspecified atom stereocenters. The van der Waals surface area contributed by atoms with Crippen LogP contribution in [0.5, 0.6) is 5.75 Å². The summed E-state index contributed by atoms with van der Waals surface area (Å²) in [5.41, 5.74) is 2.27. The van der Waals surface area contributed by atoms with Crippen LogP contribution in [0.15, 0.2) is 18.2 Å². The van der Waals surface area contributed by atoms with Gasteiger partial charge in [0.25, 0.3) is 0 Å². The Morgan fingerprint density at radius 2 is 2.14 bits per heavy atom. The molecule has 1 aromatic rings. The van der Waals surface area contributed by atoms with Gasteiger partial charge in [0.1, 0.15) is 5.75 Å². The Morgan fingerprint density at radius 3 is 2.90 bits per heavy atom. The van der Waals surface area contributed by atoms with Crippen LogP contribution >= 0.6 is 0 Å². The van der Waals surface area contributed by atoms with E-state index in [1.165, 1.54) is 5.56 Å². The van der Waals surface area contributed by atoms with Crippen molar-refractivity contribution in [3.05, 3.63) is 29.3 Å². The number of sulfone groups is 1. The zero-order chi connectivity index (χ0) is 14.9. The van der Waals surface area contributed by atoms with E-state index in [0.717, 1.165) is 50.0 Å². The molecule has 1 saturated heterocycles. The lowest BCUT2D eigenvalue weighted by molar-refractivity contribution is 0.288. The average Bonchev–Trinajstić information content (AvgIpc) is 2.49. The predicted octanol–water partition coefficient (Wildman–Crippen LogP) is 2.24. The van der Waals surface area contributed by atoms with Gasteiger partial charge in [0.2, 0.25) is 0 Å². The second-order valence-electron chi connectivity index (χ2n) is 5.99. The number of ether oxygens (including phenoxy) is 1. The van der Waals surface area contributed by atoms with E-state index in [1.54, 1.807) is 0 Å². The summed E-state index contributed by atoms with van der Waals surface area (Å²) in [4.78, 5) is 0. The van der Waals surface area contributed by atoms with Crippen molar-refractivity contribution >= 4 is 9.84 Å². The van der Waals surface area contributed by atoms with Crippen LogP contribution in [0.2, 0.25) is 0 Å². The SMILES string of the molecule is CNC(c1ccc2c(c1)CCCO2)C1CCCCS1(=O)=O. The van der Waals surface area contributed by atoms with Gasteiger partial charge in [-0.15, -0.1) is 0 Å². The minimum atomic E-state index is -3.00. The number of nitrogens with one attached hydrogen (secondary N) is 1. The maximum Gasteiger partial charge on any atom is 0.155 e. The molecule has 0 amide bonds. The summed E-state index contributed by atoms with van der Waals surface area (Å²) in [5, 5.41) is 2.92. The predicted molar refractivity (Wildman–Crippen MR) is 83.5 cm³/mol. The number of hydrogen-bond donors (Lipinski definition) is 1. The molecular formula is C16H23NO3S. The van der Waals surface area contributed by atoms with Gasteiger partial charge in [0.05, 0.1) is 17.6 Å².